The molecule has 0 aliphatic heterocycles. The van der Waals surface area contributed by atoms with Crippen molar-refractivity contribution in [3.05, 3.63) is 11.7 Å². The molecule has 0 aromatic carbocycles. The first kappa shape index (κ1) is 18.4. The maximum atomic E-state index is 12.8. The fourth-order valence-electron chi connectivity index (χ4n) is 1.11. The fourth-order valence-corrected chi connectivity index (χ4v) is 1.11. The molecule has 0 unspecified atom stereocenters. The zero-order valence-electron chi connectivity index (χ0n) is 8.51. The van der Waals surface area contributed by atoms with Crippen molar-refractivity contribution in [2.75, 3.05) is 0 Å². The van der Waals surface area contributed by atoms with E-state index in [0.717, 1.165) is 0 Å². The molecule has 20 heavy (non-hydrogen) atoms. The molecule has 0 aliphatic carbocycles. The number of carboxylic acid groups (broad SMARTS) is 1. The maximum Gasteiger partial charge on any atom is 0.418 e. The number of hydrogen-bond acceptors (Lipinski definition) is 1. The Balaban J connectivity index is 6.83. The molecular weight excluding hydrogens is 325 g/mol. The highest BCUT2D eigenvalue weighted by Crippen LogP contribution is 2.64. The van der Waals surface area contributed by atoms with Gasteiger partial charge in [0, 0.05) is 0 Å². The molecule has 0 spiro atoms. The zero-order chi connectivity index (χ0) is 16.7. The predicted octanol–water partition coefficient (Wildman–Crippen LogP) is 3.89. The normalized spacial score (nSPS) is 15.9. The van der Waals surface area contributed by atoms with Gasteiger partial charge in [-0.1, -0.05) is 0 Å². The average molecular weight is 326 g/mol. The van der Waals surface area contributed by atoms with Gasteiger partial charge in [0.2, 0.25) is 5.83 Å². The molecule has 13 heteroatoms. The lowest BCUT2D eigenvalue weighted by Crippen LogP contribution is -2.60. The molecule has 2 nitrogen and oxygen atoms in total. The summed E-state index contributed by atoms with van der Waals surface area (Å²) >= 11 is 0. The van der Waals surface area contributed by atoms with Gasteiger partial charge in [-0.25, -0.2) is 9.18 Å². The van der Waals surface area contributed by atoms with E-state index in [1.54, 1.807) is 0 Å². The molecule has 0 heterocycles. The van der Waals surface area contributed by atoms with Crippen molar-refractivity contribution in [2.45, 2.75) is 18.5 Å². The van der Waals surface area contributed by atoms with E-state index in [1.165, 1.54) is 0 Å². The highest BCUT2D eigenvalue weighted by Gasteiger charge is 2.87. The first-order valence-electron chi connectivity index (χ1n) is 4.01. The minimum absolute atomic E-state index is 3.36. The predicted molar refractivity (Wildman–Crippen MR) is 37.5 cm³/mol. The fraction of sp³-hybridized carbons (Fsp3) is 0.571. The maximum absolute atomic E-state index is 12.8. The van der Waals surface area contributed by atoms with Crippen molar-refractivity contribution in [3.8, 4) is 0 Å². The SMILES string of the molecule is O=C(O)C(F)=C(F)C(C(F)(F)F)(C(F)(F)F)C(F)(F)F. The molecule has 0 aliphatic rings. The standard InChI is InChI=1S/C7HF11O2/c8-1(3(19)20)2(9)4(5(10,11)12,6(13,14)15)7(16,17)18/h(H,19,20). The summed E-state index contributed by atoms with van der Waals surface area (Å²) in [6.45, 7) is 0. The van der Waals surface area contributed by atoms with Gasteiger partial charge < -0.3 is 5.11 Å². The molecule has 1 N–H and O–H groups in total. The summed E-state index contributed by atoms with van der Waals surface area (Å²) in [6.07, 6.45) is -22.2. The Labute approximate surface area is 101 Å². The summed E-state index contributed by atoms with van der Waals surface area (Å²) in [5.41, 5.74) is -7.27. The topological polar surface area (TPSA) is 37.3 Å². The first-order valence-corrected chi connectivity index (χ1v) is 4.01. The number of carboxylic acids is 1. The molecule has 0 aromatic rings. The molecule has 0 amide bonds. The molecule has 0 saturated carbocycles. The van der Waals surface area contributed by atoms with E-state index < -0.39 is 41.6 Å². The van der Waals surface area contributed by atoms with Gasteiger partial charge in [-0.2, -0.15) is 43.9 Å². The van der Waals surface area contributed by atoms with Crippen LogP contribution < -0.4 is 0 Å². The van der Waals surface area contributed by atoms with Gasteiger partial charge in [0.25, 0.3) is 0 Å². The Morgan fingerprint density at radius 2 is 0.950 bits per heavy atom. The number of halogens is 11. The third-order valence-corrected chi connectivity index (χ3v) is 1.99. The number of hydrogen-bond donors (Lipinski definition) is 1. The monoisotopic (exact) mass is 326 g/mol. The molecule has 0 bridgehead atoms. The van der Waals surface area contributed by atoms with Crippen molar-refractivity contribution in [1.29, 1.82) is 0 Å². The second kappa shape index (κ2) is 4.77. The van der Waals surface area contributed by atoms with Crippen molar-refractivity contribution in [1.82, 2.24) is 0 Å². The second-order valence-corrected chi connectivity index (χ2v) is 3.18. The van der Waals surface area contributed by atoms with Crippen LogP contribution >= 0.6 is 0 Å². The van der Waals surface area contributed by atoms with Crippen LogP contribution in [-0.4, -0.2) is 29.6 Å². The van der Waals surface area contributed by atoms with Gasteiger partial charge in [-0.3, -0.25) is 0 Å². The first-order chi connectivity index (χ1) is 8.51. The third kappa shape index (κ3) is 2.52. The Morgan fingerprint density at radius 3 is 1.10 bits per heavy atom. The summed E-state index contributed by atoms with van der Waals surface area (Å²) < 4.78 is 135. The van der Waals surface area contributed by atoms with Crippen LogP contribution in [0.15, 0.2) is 11.7 Å². The number of carbonyl (C=O) groups is 1. The largest absolute Gasteiger partial charge is 0.476 e. The van der Waals surface area contributed by atoms with Crippen LogP contribution in [0.5, 0.6) is 0 Å². The van der Waals surface area contributed by atoms with Gasteiger partial charge in [0.05, 0.1) is 0 Å². The Kier molecular flexibility index (Phi) is 4.40. The van der Waals surface area contributed by atoms with E-state index in [4.69, 9.17) is 5.11 Å². The molecule has 118 valence electrons. The van der Waals surface area contributed by atoms with Gasteiger partial charge in [-0.15, -0.1) is 0 Å². The molecule has 0 aromatic heterocycles. The van der Waals surface area contributed by atoms with Crippen molar-refractivity contribution in [2.24, 2.45) is 5.41 Å². The van der Waals surface area contributed by atoms with E-state index in [2.05, 4.69) is 0 Å². The summed E-state index contributed by atoms with van der Waals surface area (Å²) in [7, 11) is 0. The van der Waals surface area contributed by atoms with Gasteiger partial charge in [0.1, 0.15) is 0 Å². The average Bonchev–Trinajstić information content (AvgIpc) is 2.09. The minimum Gasteiger partial charge on any atom is -0.476 e. The van der Waals surface area contributed by atoms with Gasteiger partial charge >= 0.3 is 29.9 Å². The lowest BCUT2D eigenvalue weighted by molar-refractivity contribution is -0.416. The molecule has 0 fully saturated rings. The number of allylic oxidation sites excluding steroid dienone is 1. The lowest BCUT2D eigenvalue weighted by Gasteiger charge is -2.36. The molecule has 0 radical (unpaired) electrons. The van der Waals surface area contributed by atoms with Crippen molar-refractivity contribution in [3.63, 3.8) is 0 Å². The summed E-state index contributed by atoms with van der Waals surface area (Å²) in [5.74, 6) is -11.8. The Hall–Kier alpha value is -1.56. The van der Waals surface area contributed by atoms with Crippen LogP contribution in [0.25, 0.3) is 0 Å². The highest BCUT2D eigenvalue weighted by atomic mass is 19.4. The van der Waals surface area contributed by atoms with Crippen LogP contribution in [0, 0.1) is 5.41 Å². The van der Waals surface area contributed by atoms with E-state index in [1.807, 2.05) is 0 Å². The zero-order valence-corrected chi connectivity index (χ0v) is 8.51. The van der Waals surface area contributed by atoms with Crippen LogP contribution in [0.2, 0.25) is 0 Å². The van der Waals surface area contributed by atoms with Crippen molar-refractivity contribution >= 4 is 5.97 Å². The van der Waals surface area contributed by atoms with E-state index in [-0.39, 0.29) is 0 Å². The lowest BCUT2D eigenvalue weighted by atomic mass is 9.83. The quantitative estimate of drug-likeness (QED) is 0.617. The van der Waals surface area contributed by atoms with Crippen LogP contribution in [-0.2, 0) is 4.79 Å². The Bertz CT molecular complexity index is 387. The van der Waals surface area contributed by atoms with Crippen LogP contribution in [0.4, 0.5) is 48.3 Å². The van der Waals surface area contributed by atoms with Crippen molar-refractivity contribution < 1.29 is 58.2 Å². The van der Waals surface area contributed by atoms with E-state index in [0.29, 0.717) is 0 Å². The van der Waals surface area contributed by atoms with Gasteiger partial charge in [-0.05, 0) is 0 Å². The van der Waals surface area contributed by atoms with Gasteiger partial charge in [0.15, 0.2) is 5.83 Å². The third-order valence-electron chi connectivity index (χ3n) is 1.99. The summed E-state index contributed by atoms with van der Waals surface area (Å²) in [5, 5.41) is 7.74. The number of rotatable bonds is 2. The minimum atomic E-state index is -7.42. The van der Waals surface area contributed by atoms with Crippen LogP contribution in [0.1, 0.15) is 0 Å². The van der Waals surface area contributed by atoms with Crippen LogP contribution in [0.3, 0.4) is 0 Å². The molecule has 0 rings (SSSR count). The van der Waals surface area contributed by atoms with E-state index >= 15 is 0 Å². The Morgan fingerprint density at radius 1 is 0.700 bits per heavy atom. The summed E-state index contributed by atoms with van der Waals surface area (Å²) in [6, 6.07) is 0. The number of alkyl halides is 9. The van der Waals surface area contributed by atoms with E-state index in [9.17, 15) is 53.1 Å². The smallest absolute Gasteiger partial charge is 0.418 e. The second-order valence-electron chi connectivity index (χ2n) is 3.18. The summed E-state index contributed by atoms with van der Waals surface area (Å²) in [4.78, 5) is 9.79. The molecule has 0 atom stereocenters. The number of aliphatic carboxylic acids is 1. The molecule has 0 saturated heterocycles. The molecular formula is C7HF11O2. The highest BCUT2D eigenvalue weighted by molar-refractivity contribution is 5.84.